The van der Waals surface area contributed by atoms with E-state index in [1.807, 2.05) is 22.8 Å². The zero-order chi connectivity index (χ0) is 29.1. The van der Waals surface area contributed by atoms with Crippen LogP contribution < -0.4 is 10.6 Å². The molecule has 3 amide bonds. The van der Waals surface area contributed by atoms with Crippen LogP contribution in [0.15, 0.2) is 80.4 Å². The molecule has 1 aromatic heterocycles. The second kappa shape index (κ2) is 11.8. The maximum Gasteiger partial charge on any atom is 0.416 e. The predicted octanol–water partition coefficient (Wildman–Crippen LogP) is 5.20. The Bertz CT molecular complexity index is 1560. The SMILES string of the molecule is CC(=O)NC(=O)N/C(=N/S(=O)(=O)c1ccc(C(F)(F)F)cc1)N1CCC(c2cccs2)C(c2ccc(Cl)cc2)=N1. The van der Waals surface area contributed by atoms with Gasteiger partial charge < -0.3 is 0 Å². The largest absolute Gasteiger partial charge is 0.416 e. The Hall–Kier alpha value is -3.75. The molecule has 2 N–H and O–H groups in total. The van der Waals surface area contributed by atoms with Crippen molar-refractivity contribution in [3.63, 3.8) is 0 Å². The molecule has 2 aromatic carbocycles. The minimum absolute atomic E-state index is 0.112. The van der Waals surface area contributed by atoms with Gasteiger partial charge in [0.05, 0.1) is 16.2 Å². The second-order valence-corrected chi connectivity index (χ2v) is 11.5. The zero-order valence-electron chi connectivity index (χ0n) is 20.6. The van der Waals surface area contributed by atoms with Crippen molar-refractivity contribution < 1.29 is 31.2 Å². The molecule has 1 unspecified atom stereocenters. The molecule has 0 aliphatic carbocycles. The molecule has 3 aromatic rings. The average molecular weight is 612 g/mol. The van der Waals surface area contributed by atoms with Crippen LogP contribution in [0.3, 0.4) is 0 Å². The Morgan fingerprint density at radius 2 is 1.75 bits per heavy atom. The smallest absolute Gasteiger partial charge is 0.278 e. The molecule has 0 radical (unpaired) electrons. The third-order valence-electron chi connectivity index (χ3n) is 5.66. The van der Waals surface area contributed by atoms with Gasteiger partial charge in [-0.2, -0.15) is 26.7 Å². The summed E-state index contributed by atoms with van der Waals surface area (Å²) in [7, 11) is -4.62. The highest BCUT2D eigenvalue weighted by Crippen LogP contribution is 2.33. The number of hydrogen-bond acceptors (Lipinski definition) is 6. The summed E-state index contributed by atoms with van der Waals surface area (Å²) >= 11 is 7.57. The number of amides is 3. The highest BCUT2D eigenvalue weighted by Gasteiger charge is 2.32. The van der Waals surface area contributed by atoms with Crippen molar-refractivity contribution in [3.8, 4) is 0 Å². The van der Waals surface area contributed by atoms with Gasteiger partial charge in [0, 0.05) is 29.3 Å². The van der Waals surface area contributed by atoms with Crippen LogP contribution in [0, 0.1) is 0 Å². The van der Waals surface area contributed by atoms with Gasteiger partial charge in [-0.15, -0.1) is 15.7 Å². The lowest BCUT2D eigenvalue weighted by Crippen LogP contribution is -2.49. The average Bonchev–Trinajstić information content (AvgIpc) is 3.42. The molecular weight excluding hydrogens is 591 g/mol. The molecule has 1 aliphatic heterocycles. The first-order chi connectivity index (χ1) is 18.8. The number of nitrogens with one attached hydrogen (secondary N) is 2. The monoisotopic (exact) mass is 611 g/mol. The van der Waals surface area contributed by atoms with Crippen LogP contribution in [0.4, 0.5) is 18.0 Å². The van der Waals surface area contributed by atoms with E-state index in [-0.39, 0.29) is 12.5 Å². The van der Waals surface area contributed by atoms with Crippen molar-refractivity contribution in [2.75, 3.05) is 6.54 Å². The highest BCUT2D eigenvalue weighted by molar-refractivity contribution is 7.90. The van der Waals surface area contributed by atoms with Gasteiger partial charge >= 0.3 is 12.2 Å². The Kier molecular flexibility index (Phi) is 8.61. The van der Waals surface area contributed by atoms with E-state index in [0.717, 1.165) is 28.9 Å². The number of benzene rings is 2. The number of alkyl halides is 3. The maximum absolute atomic E-state index is 13.1. The number of carbonyl (C=O) groups is 2. The zero-order valence-corrected chi connectivity index (χ0v) is 23.0. The number of guanidine groups is 1. The Morgan fingerprint density at radius 3 is 2.33 bits per heavy atom. The molecule has 1 aliphatic rings. The molecule has 4 rings (SSSR count). The van der Waals surface area contributed by atoms with Gasteiger partial charge in [0.15, 0.2) is 0 Å². The third-order valence-corrected chi connectivity index (χ3v) is 8.18. The number of nitrogens with zero attached hydrogens (tertiary/aromatic N) is 3. The van der Waals surface area contributed by atoms with Crippen LogP contribution in [-0.4, -0.2) is 43.6 Å². The third kappa shape index (κ3) is 7.06. The van der Waals surface area contributed by atoms with E-state index in [9.17, 15) is 31.2 Å². The predicted molar refractivity (Wildman–Crippen MR) is 145 cm³/mol. The van der Waals surface area contributed by atoms with E-state index >= 15 is 0 Å². The van der Waals surface area contributed by atoms with E-state index in [2.05, 4.69) is 14.8 Å². The second-order valence-electron chi connectivity index (χ2n) is 8.52. The van der Waals surface area contributed by atoms with Crippen LogP contribution in [0.5, 0.6) is 0 Å². The maximum atomic E-state index is 13.1. The highest BCUT2D eigenvalue weighted by atomic mass is 35.5. The van der Waals surface area contributed by atoms with Crippen LogP contribution >= 0.6 is 22.9 Å². The molecule has 0 fully saturated rings. The Morgan fingerprint density at radius 1 is 1.07 bits per heavy atom. The number of rotatable bonds is 4. The molecule has 210 valence electrons. The van der Waals surface area contributed by atoms with Crippen LogP contribution in [0.2, 0.25) is 5.02 Å². The van der Waals surface area contributed by atoms with Crippen molar-refractivity contribution in [2.45, 2.75) is 30.3 Å². The number of hydrogen-bond donors (Lipinski definition) is 2. The van der Waals surface area contributed by atoms with Crippen molar-refractivity contribution in [1.82, 2.24) is 15.6 Å². The number of sulfonamides is 1. The molecule has 15 heteroatoms. The minimum atomic E-state index is -4.66. The van der Waals surface area contributed by atoms with E-state index in [0.29, 0.717) is 34.9 Å². The summed E-state index contributed by atoms with van der Waals surface area (Å²) in [6.45, 7) is 1.19. The number of hydrazone groups is 1. The summed E-state index contributed by atoms with van der Waals surface area (Å²) in [6, 6.07) is 12.4. The fourth-order valence-electron chi connectivity index (χ4n) is 3.85. The normalized spacial score (nSPS) is 16.3. The van der Waals surface area contributed by atoms with E-state index in [1.165, 1.54) is 11.3 Å². The summed E-state index contributed by atoms with van der Waals surface area (Å²) in [5, 5.41) is 12.4. The lowest BCUT2D eigenvalue weighted by molar-refractivity contribution is -0.137. The van der Waals surface area contributed by atoms with E-state index < -0.39 is 44.6 Å². The van der Waals surface area contributed by atoms with E-state index in [4.69, 9.17) is 11.6 Å². The molecule has 0 bridgehead atoms. The van der Waals surface area contributed by atoms with Crippen LogP contribution in [0.1, 0.15) is 35.3 Å². The molecular formula is C25H21ClF3N5O4S2. The lowest BCUT2D eigenvalue weighted by Gasteiger charge is -2.31. The van der Waals surface area contributed by atoms with Crippen molar-refractivity contribution in [3.05, 3.63) is 87.1 Å². The van der Waals surface area contributed by atoms with Gasteiger partial charge in [0.2, 0.25) is 11.9 Å². The Balaban J connectivity index is 1.78. The van der Waals surface area contributed by atoms with Crippen LogP contribution in [-0.2, 0) is 21.0 Å². The standard InChI is InChI=1S/C25H21ClF3N5O4S2/c1-15(35)30-24(36)31-23(33-40(37,38)19-10-6-17(7-11-19)25(27,28)29)34-13-12-20(21-3-2-14-39-21)22(32-34)16-4-8-18(26)9-5-16/h2-11,14,20H,12-13H2,1H3,(H2,30,31,33,35,36). The number of halogens is 4. The quantitative estimate of drug-likeness (QED) is 0.310. The first-order valence-electron chi connectivity index (χ1n) is 11.6. The molecule has 0 saturated heterocycles. The van der Waals surface area contributed by atoms with E-state index in [1.54, 1.807) is 24.3 Å². The topological polar surface area (TPSA) is 120 Å². The minimum Gasteiger partial charge on any atom is -0.278 e. The number of urea groups is 1. The Labute approximate surface area is 236 Å². The molecule has 2 heterocycles. The summed E-state index contributed by atoms with van der Waals surface area (Å²) in [5.74, 6) is -1.44. The van der Waals surface area contributed by atoms with Crippen molar-refractivity contribution >= 4 is 56.6 Å². The summed E-state index contributed by atoms with van der Waals surface area (Å²) in [5.41, 5.74) is 0.187. The molecule has 1 atom stereocenters. The van der Waals surface area contributed by atoms with Crippen molar-refractivity contribution in [2.24, 2.45) is 9.50 Å². The number of thiophene rings is 1. The summed E-state index contributed by atoms with van der Waals surface area (Å²) in [4.78, 5) is 24.3. The number of imide groups is 1. The van der Waals surface area contributed by atoms with Gasteiger partial charge in [-0.05, 0) is 59.8 Å². The first kappa shape index (κ1) is 29.2. The van der Waals surface area contributed by atoms with Gasteiger partial charge in [-0.25, -0.2) is 9.80 Å². The van der Waals surface area contributed by atoms with Gasteiger partial charge in [-0.1, -0.05) is 29.8 Å². The summed E-state index contributed by atoms with van der Waals surface area (Å²) < 4.78 is 68.8. The first-order valence-corrected chi connectivity index (χ1v) is 14.3. The number of carbonyl (C=O) groups excluding carboxylic acids is 2. The molecule has 0 saturated carbocycles. The molecule has 0 spiro atoms. The van der Waals surface area contributed by atoms with Gasteiger partial charge in [-0.3, -0.25) is 15.4 Å². The van der Waals surface area contributed by atoms with Gasteiger partial charge in [0.25, 0.3) is 10.0 Å². The van der Waals surface area contributed by atoms with Crippen LogP contribution in [0.25, 0.3) is 0 Å². The summed E-state index contributed by atoms with van der Waals surface area (Å²) in [6.07, 6.45) is -4.22. The fraction of sp³-hybridized carbons (Fsp3) is 0.200. The lowest BCUT2D eigenvalue weighted by atomic mass is 9.91. The van der Waals surface area contributed by atoms with Crippen molar-refractivity contribution in [1.29, 1.82) is 0 Å². The fourth-order valence-corrected chi connectivity index (χ4v) is 5.79. The molecule has 9 nitrogen and oxygen atoms in total. The van der Waals surface area contributed by atoms with Gasteiger partial charge in [0.1, 0.15) is 0 Å². The molecule has 40 heavy (non-hydrogen) atoms.